The molecule has 4 aromatic heterocycles. The van der Waals surface area contributed by atoms with E-state index < -0.39 is 0 Å². The Bertz CT molecular complexity index is 944. The fourth-order valence-electron chi connectivity index (χ4n) is 3.20. The second kappa shape index (κ2) is 5.60. The minimum Gasteiger partial charge on any atom is -0.313 e. The Hall–Kier alpha value is -2.52. The van der Waals surface area contributed by atoms with E-state index in [0.717, 1.165) is 33.5 Å². The quantitative estimate of drug-likeness (QED) is 0.500. The van der Waals surface area contributed by atoms with Crippen molar-refractivity contribution in [2.24, 2.45) is 0 Å². The third kappa shape index (κ3) is 2.25. The molecule has 4 heterocycles. The smallest absolute Gasteiger partial charge is 0.226 e. The van der Waals surface area contributed by atoms with Crippen LogP contribution in [-0.4, -0.2) is 14.6 Å². The predicted octanol–water partition coefficient (Wildman–Crippen LogP) is 4.46. The number of carbonyl (C=O) groups excluding carboxylic acids is 1. The Morgan fingerprint density at radius 1 is 0.783 bits per heavy atom. The van der Waals surface area contributed by atoms with E-state index in [2.05, 4.69) is 12.1 Å². The van der Waals surface area contributed by atoms with Crippen molar-refractivity contribution in [3.8, 4) is 0 Å². The number of nitrogens with zero attached hydrogens (tertiary/aromatic N) is 2. The van der Waals surface area contributed by atoms with Crippen LogP contribution in [0, 0.1) is 13.8 Å². The summed E-state index contributed by atoms with van der Waals surface area (Å²) in [5.74, 6) is 0.0624. The van der Waals surface area contributed by atoms with E-state index in [9.17, 15) is 4.79 Å². The molecule has 0 amide bonds. The number of pyridine rings is 2. The molecule has 4 rings (SSSR count). The van der Waals surface area contributed by atoms with Gasteiger partial charge in [0.1, 0.15) is 0 Å². The molecule has 0 spiro atoms. The molecule has 0 bridgehead atoms. The number of ketones is 1. The van der Waals surface area contributed by atoms with Gasteiger partial charge in [0, 0.05) is 23.4 Å². The summed E-state index contributed by atoms with van der Waals surface area (Å²) in [6, 6.07) is 16.0. The van der Waals surface area contributed by atoms with Crippen LogP contribution in [0.3, 0.4) is 0 Å². The monoisotopic (exact) mass is 324 g/mol. The van der Waals surface area contributed by atoms with Crippen LogP contribution in [0.4, 0.5) is 0 Å². The van der Waals surface area contributed by atoms with Gasteiger partial charge >= 0.3 is 0 Å². The van der Waals surface area contributed by atoms with Crippen LogP contribution in [0.5, 0.6) is 0 Å². The summed E-state index contributed by atoms with van der Waals surface area (Å²) >= 11 is 0. The molecule has 0 N–H and O–H groups in total. The summed E-state index contributed by atoms with van der Waals surface area (Å²) in [5.41, 5.74) is 5.57. The Labute approximate surface area is 140 Å². The zero-order valence-corrected chi connectivity index (χ0v) is 13.8. The molecule has 23 heavy (non-hydrogen) atoms. The van der Waals surface area contributed by atoms with E-state index in [4.69, 9.17) is 0 Å². The highest BCUT2D eigenvalue weighted by Gasteiger charge is 2.21. The molecule has 4 aromatic rings. The highest BCUT2D eigenvalue weighted by atomic mass is 35.5. The maximum Gasteiger partial charge on any atom is 0.226 e. The van der Waals surface area contributed by atoms with Gasteiger partial charge < -0.3 is 8.80 Å². The van der Waals surface area contributed by atoms with Gasteiger partial charge in [-0.2, -0.15) is 0 Å². The maximum absolute atomic E-state index is 13.2. The zero-order chi connectivity index (χ0) is 15.3. The van der Waals surface area contributed by atoms with E-state index in [-0.39, 0.29) is 18.2 Å². The van der Waals surface area contributed by atoms with Crippen LogP contribution >= 0.6 is 12.4 Å². The molecule has 4 heteroatoms. The average Bonchev–Trinajstić information content (AvgIpc) is 3.01. The molecule has 0 fully saturated rings. The number of fused-ring (bicyclic) bond motifs is 2. The number of aromatic nitrogens is 2. The molecule has 0 saturated heterocycles. The zero-order valence-electron chi connectivity index (χ0n) is 13.0. The number of hydrogen-bond donors (Lipinski definition) is 0. The number of rotatable bonds is 2. The third-order valence-corrected chi connectivity index (χ3v) is 4.17. The first-order valence-electron chi connectivity index (χ1n) is 7.35. The molecular weight excluding hydrogens is 308 g/mol. The Morgan fingerprint density at radius 3 is 1.65 bits per heavy atom. The van der Waals surface area contributed by atoms with Gasteiger partial charge in [-0.15, -0.1) is 12.4 Å². The van der Waals surface area contributed by atoms with Crippen LogP contribution < -0.4 is 0 Å². The van der Waals surface area contributed by atoms with Crippen LogP contribution in [0.2, 0.25) is 0 Å². The lowest BCUT2D eigenvalue weighted by Crippen LogP contribution is -2.10. The molecule has 0 atom stereocenters. The van der Waals surface area contributed by atoms with Gasteiger partial charge in [-0.1, -0.05) is 12.1 Å². The first-order valence-corrected chi connectivity index (χ1v) is 7.35. The molecule has 0 saturated carbocycles. The Morgan fingerprint density at radius 2 is 1.22 bits per heavy atom. The minimum absolute atomic E-state index is 0. The molecule has 116 valence electrons. The molecule has 0 aliphatic carbocycles. The summed E-state index contributed by atoms with van der Waals surface area (Å²) in [6.45, 7) is 3.98. The molecule has 3 nitrogen and oxygen atoms in total. The lowest BCUT2D eigenvalue weighted by atomic mass is 10.1. The van der Waals surface area contributed by atoms with Crippen molar-refractivity contribution >= 4 is 29.2 Å². The number of hydrogen-bond acceptors (Lipinski definition) is 1. The van der Waals surface area contributed by atoms with Crippen molar-refractivity contribution in [3.05, 3.63) is 83.4 Å². The number of carbonyl (C=O) groups is 1. The topological polar surface area (TPSA) is 25.9 Å². The number of aryl methyl sites for hydroxylation is 2. The van der Waals surface area contributed by atoms with E-state index in [1.165, 1.54) is 0 Å². The minimum atomic E-state index is 0. The van der Waals surface area contributed by atoms with Gasteiger partial charge in [-0.3, -0.25) is 4.79 Å². The molecule has 0 unspecified atom stereocenters. The molecule has 0 radical (unpaired) electrons. The van der Waals surface area contributed by atoms with E-state index in [1.54, 1.807) is 0 Å². The molecular formula is C19H17ClN2O. The second-order valence-electron chi connectivity index (χ2n) is 5.67. The highest BCUT2D eigenvalue weighted by molar-refractivity contribution is 6.10. The lowest BCUT2D eigenvalue weighted by Gasteiger charge is -2.06. The molecule has 0 aromatic carbocycles. The second-order valence-corrected chi connectivity index (χ2v) is 5.67. The van der Waals surface area contributed by atoms with Gasteiger partial charge in [-0.05, 0) is 61.4 Å². The normalized spacial score (nSPS) is 10.9. The lowest BCUT2D eigenvalue weighted by molar-refractivity contribution is 0.102. The van der Waals surface area contributed by atoms with Gasteiger partial charge in [0.25, 0.3) is 0 Å². The van der Waals surface area contributed by atoms with Crippen molar-refractivity contribution in [2.45, 2.75) is 13.8 Å². The SMILES string of the molecule is Cc1cc2ccccn2c1C(=O)c1c(C)cc2ccccn12.Cl. The van der Waals surface area contributed by atoms with Crippen molar-refractivity contribution in [3.63, 3.8) is 0 Å². The largest absolute Gasteiger partial charge is 0.313 e. The van der Waals surface area contributed by atoms with Crippen molar-refractivity contribution in [2.75, 3.05) is 0 Å². The summed E-state index contributed by atoms with van der Waals surface area (Å²) in [7, 11) is 0. The standard InChI is InChI=1S/C19H16N2O.ClH/c1-13-11-15-7-3-5-9-20(15)17(13)19(22)18-14(2)12-16-8-4-6-10-21(16)18;/h3-12H,1-2H3;1H. The van der Waals surface area contributed by atoms with Crippen LogP contribution in [-0.2, 0) is 0 Å². The van der Waals surface area contributed by atoms with Crippen molar-refractivity contribution in [1.29, 1.82) is 0 Å². The Kier molecular flexibility index (Phi) is 3.74. The van der Waals surface area contributed by atoms with E-state index >= 15 is 0 Å². The summed E-state index contributed by atoms with van der Waals surface area (Å²) in [4.78, 5) is 13.2. The van der Waals surface area contributed by atoms with E-state index in [0.29, 0.717) is 0 Å². The van der Waals surface area contributed by atoms with Gasteiger partial charge in [0.05, 0.1) is 11.4 Å². The highest BCUT2D eigenvalue weighted by Crippen LogP contribution is 2.23. The average molecular weight is 325 g/mol. The Balaban J connectivity index is 0.00000156. The van der Waals surface area contributed by atoms with Crippen molar-refractivity contribution in [1.82, 2.24) is 8.80 Å². The van der Waals surface area contributed by atoms with Crippen LogP contribution in [0.1, 0.15) is 27.3 Å². The predicted molar refractivity (Wildman–Crippen MR) is 94.9 cm³/mol. The molecule has 0 aliphatic heterocycles. The maximum atomic E-state index is 13.2. The summed E-state index contributed by atoms with van der Waals surface area (Å²) in [5, 5.41) is 0. The number of halogens is 1. The summed E-state index contributed by atoms with van der Waals surface area (Å²) < 4.78 is 3.94. The third-order valence-electron chi connectivity index (χ3n) is 4.17. The fourth-order valence-corrected chi connectivity index (χ4v) is 3.20. The summed E-state index contributed by atoms with van der Waals surface area (Å²) in [6.07, 6.45) is 3.89. The van der Waals surface area contributed by atoms with Crippen LogP contribution in [0.15, 0.2) is 60.9 Å². The van der Waals surface area contributed by atoms with E-state index in [1.807, 2.05) is 71.4 Å². The van der Waals surface area contributed by atoms with Gasteiger partial charge in [0.2, 0.25) is 5.78 Å². The fraction of sp³-hybridized carbons (Fsp3) is 0.105. The first-order chi connectivity index (χ1) is 10.7. The van der Waals surface area contributed by atoms with Gasteiger partial charge in [-0.25, -0.2) is 0 Å². The molecule has 0 aliphatic rings. The van der Waals surface area contributed by atoms with Crippen LogP contribution in [0.25, 0.3) is 11.0 Å². The first kappa shape index (κ1) is 15.4. The van der Waals surface area contributed by atoms with Crippen molar-refractivity contribution < 1.29 is 4.79 Å². The van der Waals surface area contributed by atoms with Gasteiger partial charge in [0.15, 0.2) is 0 Å².